The Labute approximate surface area is 264 Å². The van der Waals surface area contributed by atoms with Crippen molar-refractivity contribution in [2.75, 3.05) is 44.3 Å². The third kappa shape index (κ3) is 6.42. The predicted molar refractivity (Wildman–Crippen MR) is 170 cm³/mol. The van der Waals surface area contributed by atoms with Crippen molar-refractivity contribution in [2.24, 2.45) is 11.8 Å². The van der Waals surface area contributed by atoms with E-state index in [1.165, 1.54) is 0 Å². The Morgan fingerprint density at radius 3 is 2.47 bits per heavy atom. The number of benzene rings is 1. The molecule has 43 heavy (non-hydrogen) atoms. The fourth-order valence-corrected chi connectivity index (χ4v) is 7.93. The third-order valence-electron chi connectivity index (χ3n) is 8.85. The average Bonchev–Trinajstić information content (AvgIpc) is 3.59. The van der Waals surface area contributed by atoms with Crippen molar-refractivity contribution in [2.45, 2.75) is 74.9 Å². The maximum absolute atomic E-state index is 14.5. The monoisotopic (exact) mass is 659 g/mol. The van der Waals surface area contributed by atoms with Gasteiger partial charge >= 0.3 is 0 Å². The second-order valence-corrected chi connectivity index (χ2v) is 12.7. The maximum atomic E-state index is 14.5. The highest BCUT2D eigenvalue weighted by Crippen LogP contribution is 2.60. The molecular weight excluding hydrogens is 614 g/mol. The molecule has 1 aromatic carbocycles. The van der Waals surface area contributed by atoms with Gasteiger partial charge in [0.1, 0.15) is 17.4 Å². The molecule has 1 N–H and O–H groups in total. The number of anilines is 1. The first-order valence-corrected chi connectivity index (χ1v) is 16.5. The highest BCUT2D eigenvalue weighted by molar-refractivity contribution is 9.09. The Kier molecular flexibility index (Phi) is 11.5. The predicted octanol–water partition coefficient (Wildman–Crippen LogP) is 4.33. The van der Waals surface area contributed by atoms with E-state index >= 15 is 0 Å². The van der Waals surface area contributed by atoms with Crippen LogP contribution >= 0.6 is 15.9 Å². The average molecular weight is 661 g/mol. The second kappa shape index (κ2) is 14.9. The molecule has 1 aromatic rings. The van der Waals surface area contributed by atoms with Gasteiger partial charge in [-0.05, 0) is 63.3 Å². The number of nitrogens with zero attached hydrogens (tertiary/aromatic N) is 3. The first-order chi connectivity index (χ1) is 20.8. The van der Waals surface area contributed by atoms with Gasteiger partial charge in [-0.2, -0.15) is 0 Å². The molecule has 3 fully saturated rings. The van der Waals surface area contributed by atoms with Gasteiger partial charge in [-0.25, -0.2) is 0 Å². The summed E-state index contributed by atoms with van der Waals surface area (Å²) in [6.45, 7) is 13.9. The lowest BCUT2D eigenvalue weighted by atomic mass is 9.70. The van der Waals surface area contributed by atoms with Gasteiger partial charge in [-0.3, -0.25) is 14.4 Å². The van der Waals surface area contributed by atoms with Crippen LogP contribution in [0.25, 0.3) is 0 Å². The van der Waals surface area contributed by atoms with E-state index in [0.29, 0.717) is 56.9 Å². The zero-order valence-electron chi connectivity index (χ0n) is 25.5. The van der Waals surface area contributed by atoms with Crippen molar-refractivity contribution in [1.29, 1.82) is 0 Å². The third-order valence-corrected chi connectivity index (χ3v) is 9.69. The van der Waals surface area contributed by atoms with Crippen molar-refractivity contribution in [3.05, 3.63) is 49.6 Å². The molecule has 2 bridgehead atoms. The molecule has 3 saturated heterocycles. The van der Waals surface area contributed by atoms with Crippen LogP contribution in [0.15, 0.2) is 49.6 Å². The minimum atomic E-state index is -1.12. The molecule has 3 heterocycles. The number of aliphatic hydroxyl groups excluding tert-OH is 1. The standard InChI is InChI=1S/C33H46BrN3O6/c1-5-9-19-35(17-6-2)32(41)29-33-22-25(34)28(43-33)26(27(33)31(40)37(29)20-11-10-12-21-38)30(39)36(18-7-3)23-13-15-24(16-14-23)42-8-4/h6-7,13-16,25-29,38H,2-3,5,8-12,17-22H2,1,4H3/t25?,26-,27+,28-,29?,33?/m1/s1. The number of aliphatic hydroxyl groups is 1. The Morgan fingerprint density at radius 1 is 1.12 bits per heavy atom. The summed E-state index contributed by atoms with van der Waals surface area (Å²) in [7, 11) is 0. The molecule has 9 nitrogen and oxygen atoms in total. The maximum Gasteiger partial charge on any atom is 0.248 e. The van der Waals surface area contributed by atoms with E-state index in [9.17, 15) is 19.5 Å². The molecule has 3 aliphatic rings. The van der Waals surface area contributed by atoms with Crippen LogP contribution in [0.3, 0.4) is 0 Å². The van der Waals surface area contributed by atoms with E-state index < -0.39 is 29.6 Å². The molecule has 236 valence electrons. The Bertz CT molecular complexity index is 1160. The molecule has 10 heteroatoms. The van der Waals surface area contributed by atoms with Crippen molar-refractivity contribution in [3.8, 4) is 5.75 Å². The number of likely N-dealkylation sites (tertiary alicyclic amines) is 1. The summed E-state index contributed by atoms with van der Waals surface area (Å²) < 4.78 is 12.3. The van der Waals surface area contributed by atoms with E-state index in [1.54, 1.807) is 26.9 Å². The fraction of sp³-hybridized carbons (Fsp3) is 0.606. The minimum absolute atomic E-state index is 0.0737. The van der Waals surface area contributed by atoms with E-state index in [4.69, 9.17) is 9.47 Å². The van der Waals surface area contributed by atoms with Crippen molar-refractivity contribution >= 4 is 39.3 Å². The number of hydrogen-bond donors (Lipinski definition) is 1. The number of amides is 3. The van der Waals surface area contributed by atoms with Gasteiger partial charge in [0.05, 0.1) is 24.5 Å². The normalized spacial score (nSPS) is 27.2. The topological polar surface area (TPSA) is 99.6 Å². The van der Waals surface area contributed by atoms with E-state index in [2.05, 4.69) is 36.0 Å². The van der Waals surface area contributed by atoms with Crippen LogP contribution in [0.5, 0.6) is 5.75 Å². The first kappa shape index (κ1) is 33.2. The number of carbonyl (C=O) groups is 3. The number of alkyl halides is 1. The summed E-state index contributed by atoms with van der Waals surface area (Å²) in [4.78, 5) is 48.1. The number of rotatable bonds is 17. The molecule has 1 spiro atoms. The van der Waals surface area contributed by atoms with Gasteiger partial charge in [0.25, 0.3) is 0 Å². The van der Waals surface area contributed by atoms with Crippen molar-refractivity contribution < 1.29 is 29.0 Å². The summed E-state index contributed by atoms with van der Waals surface area (Å²) >= 11 is 3.77. The van der Waals surface area contributed by atoms with Gasteiger partial charge in [0.2, 0.25) is 17.7 Å². The number of unbranched alkanes of at least 4 members (excludes halogenated alkanes) is 3. The highest BCUT2D eigenvalue weighted by atomic mass is 79.9. The molecule has 0 saturated carbocycles. The first-order valence-electron chi connectivity index (χ1n) is 15.6. The SMILES string of the molecule is C=CCN(CCCC)C(=O)C1N(CCCCCO)C(=O)[C@@H]2[C@@H](C(=O)N(CC=C)c3ccc(OCC)cc3)[C@@H]3OC12CC3Br. The minimum Gasteiger partial charge on any atom is -0.494 e. The van der Waals surface area contributed by atoms with Gasteiger partial charge in [-0.1, -0.05) is 41.4 Å². The quantitative estimate of drug-likeness (QED) is 0.152. The fourth-order valence-electron chi connectivity index (χ4n) is 6.99. The lowest BCUT2D eigenvalue weighted by Crippen LogP contribution is -2.57. The molecule has 4 rings (SSSR count). The zero-order chi connectivity index (χ0) is 31.1. The Morgan fingerprint density at radius 2 is 1.84 bits per heavy atom. The van der Waals surface area contributed by atoms with E-state index in [-0.39, 0.29) is 35.7 Å². The van der Waals surface area contributed by atoms with Crippen molar-refractivity contribution in [3.63, 3.8) is 0 Å². The number of halogens is 1. The smallest absolute Gasteiger partial charge is 0.248 e. The van der Waals surface area contributed by atoms with Crippen LogP contribution in [-0.4, -0.2) is 94.6 Å². The van der Waals surface area contributed by atoms with Crippen LogP contribution in [0, 0.1) is 11.8 Å². The number of carbonyl (C=O) groups excluding carboxylic acids is 3. The Balaban J connectivity index is 1.72. The molecule has 0 aromatic heterocycles. The van der Waals surface area contributed by atoms with Crippen LogP contribution < -0.4 is 9.64 Å². The number of hydrogen-bond acceptors (Lipinski definition) is 6. The Hall–Kier alpha value is -2.69. The van der Waals surface area contributed by atoms with Crippen LogP contribution in [0.4, 0.5) is 5.69 Å². The largest absolute Gasteiger partial charge is 0.494 e. The molecule has 6 atom stereocenters. The second-order valence-electron chi connectivity index (χ2n) is 11.6. The summed E-state index contributed by atoms with van der Waals surface area (Å²) in [5.74, 6) is -1.43. The van der Waals surface area contributed by atoms with Gasteiger partial charge in [0.15, 0.2) is 0 Å². The lowest BCUT2D eigenvalue weighted by Gasteiger charge is -2.37. The molecular formula is C33H46BrN3O6. The molecule has 3 amide bonds. The summed E-state index contributed by atoms with van der Waals surface area (Å²) in [5.41, 5.74) is -0.443. The zero-order valence-corrected chi connectivity index (χ0v) is 27.0. The van der Waals surface area contributed by atoms with Crippen molar-refractivity contribution in [1.82, 2.24) is 9.80 Å². The van der Waals surface area contributed by atoms with Crippen LogP contribution in [0.1, 0.15) is 52.4 Å². The molecule has 3 aliphatic heterocycles. The van der Waals surface area contributed by atoms with Gasteiger partial charge < -0.3 is 29.3 Å². The van der Waals surface area contributed by atoms with Crippen LogP contribution in [0.2, 0.25) is 0 Å². The summed E-state index contributed by atoms with van der Waals surface area (Å²) in [5, 5.41) is 9.31. The van der Waals surface area contributed by atoms with Crippen LogP contribution in [-0.2, 0) is 19.1 Å². The van der Waals surface area contributed by atoms with Gasteiger partial charge in [0, 0.05) is 43.3 Å². The lowest BCUT2D eigenvalue weighted by molar-refractivity contribution is -0.147. The number of fused-ring (bicyclic) bond motifs is 1. The summed E-state index contributed by atoms with van der Waals surface area (Å²) in [6, 6.07) is 6.47. The highest BCUT2D eigenvalue weighted by Gasteiger charge is 2.76. The van der Waals surface area contributed by atoms with E-state index in [0.717, 1.165) is 19.3 Å². The number of ether oxygens (including phenoxy) is 2. The molecule has 0 radical (unpaired) electrons. The molecule has 0 aliphatic carbocycles. The summed E-state index contributed by atoms with van der Waals surface area (Å²) in [6.07, 6.45) is 7.03. The molecule has 3 unspecified atom stereocenters. The van der Waals surface area contributed by atoms with E-state index in [1.807, 2.05) is 31.2 Å². The van der Waals surface area contributed by atoms with Gasteiger partial charge in [-0.15, -0.1) is 13.2 Å².